The third-order valence-corrected chi connectivity index (χ3v) is 1.81. The van der Waals surface area contributed by atoms with Crippen molar-refractivity contribution in [1.29, 1.82) is 0 Å². The Balaban J connectivity index is 2.14. The summed E-state index contributed by atoms with van der Waals surface area (Å²) in [6, 6.07) is 0. The lowest BCUT2D eigenvalue weighted by Gasteiger charge is -2.19. The zero-order valence-corrected chi connectivity index (χ0v) is 9.78. The molecule has 1 aliphatic rings. The van der Waals surface area contributed by atoms with Crippen molar-refractivity contribution in [2.45, 2.75) is 38.9 Å². The van der Waals surface area contributed by atoms with Crippen molar-refractivity contribution in [2.75, 3.05) is 6.54 Å². The van der Waals surface area contributed by atoms with Crippen LogP contribution in [0.3, 0.4) is 0 Å². The summed E-state index contributed by atoms with van der Waals surface area (Å²) in [4.78, 5) is 22.0. The fourth-order valence-corrected chi connectivity index (χ4v) is 1.20. The van der Waals surface area contributed by atoms with Gasteiger partial charge in [-0.3, -0.25) is 0 Å². The summed E-state index contributed by atoms with van der Waals surface area (Å²) in [7, 11) is 0. The first kappa shape index (κ1) is 12.5. The standard InChI is InChI=1S/C11H17NO4/c1-11(2,3)16-10(14)12-7-6-8-4-5-9(13)15-8/h4-5,8H,6-7H2,1-3H3,(H,12,14)/t8-/m1/s1. The van der Waals surface area contributed by atoms with Gasteiger partial charge in [-0.1, -0.05) is 0 Å². The number of hydrogen-bond acceptors (Lipinski definition) is 4. The van der Waals surface area contributed by atoms with Gasteiger partial charge in [0.1, 0.15) is 11.7 Å². The highest BCUT2D eigenvalue weighted by Crippen LogP contribution is 2.09. The summed E-state index contributed by atoms with van der Waals surface area (Å²) >= 11 is 0. The smallest absolute Gasteiger partial charge is 0.407 e. The molecule has 90 valence electrons. The van der Waals surface area contributed by atoms with Gasteiger partial charge >= 0.3 is 12.1 Å². The van der Waals surface area contributed by atoms with E-state index in [2.05, 4.69) is 5.32 Å². The van der Waals surface area contributed by atoms with E-state index < -0.39 is 11.7 Å². The van der Waals surface area contributed by atoms with Crippen LogP contribution in [-0.4, -0.2) is 30.3 Å². The first-order valence-electron chi connectivity index (χ1n) is 5.22. The molecule has 1 aliphatic heterocycles. The number of alkyl carbamates (subject to hydrolysis) is 1. The van der Waals surface area contributed by atoms with Crippen molar-refractivity contribution in [2.24, 2.45) is 0 Å². The Hall–Kier alpha value is -1.52. The Morgan fingerprint density at radius 1 is 1.56 bits per heavy atom. The first-order chi connectivity index (χ1) is 7.37. The van der Waals surface area contributed by atoms with Gasteiger partial charge in [-0.25, -0.2) is 9.59 Å². The van der Waals surface area contributed by atoms with Gasteiger partial charge in [0, 0.05) is 19.0 Å². The van der Waals surface area contributed by atoms with E-state index in [4.69, 9.17) is 9.47 Å². The lowest BCUT2D eigenvalue weighted by molar-refractivity contribution is -0.138. The fraction of sp³-hybridized carbons (Fsp3) is 0.636. The van der Waals surface area contributed by atoms with Crippen LogP contribution in [0.2, 0.25) is 0 Å². The van der Waals surface area contributed by atoms with Gasteiger partial charge in [0.25, 0.3) is 0 Å². The van der Waals surface area contributed by atoms with Crippen molar-refractivity contribution < 1.29 is 19.1 Å². The fourth-order valence-electron chi connectivity index (χ4n) is 1.20. The Morgan fingerprint density at radius 3 is 2.75 bits per heavy atom. The van der Waals surface area contributed by atoms with Crippen LogP contribution in [0.5, 0.6) is 0 Å². The molecule has 0 radical (unpaired) electrons. The molecule has 1 atom stereocenters. The van der Waals surface area contributed by atoms with Gasteiger partial charge in [0.2, 0.25) is 0 Å². The molecule has 0 aromatic heterocycles. The summed E-state index contributed by atoms with van der Waals surface area (Å²) in [6.07, 6.45) is 2.93. The van der Waals surface area contributed by atoms with Crippen LogP contribution in [0.4, 0.5) is 4.79 Å². The van der Waals surface area contributed by atoms with Gasteiger partial charge < -0.3 is 14.8 Å². The molecule has 0 fully saturated rings. The maximum Gasteiger partial charge on any atom is 0.407 e. The third-order valence-electron chi connectivity index (χ3n) is 1.81. The van der Waals surface area contributed by atoms with Gasteiger partial charge in [-0.15, -0.1) is 0 Å². The second-order valence-corrected chi connectivity index (χ2v) is 4.55. The van der Waals surface area contributed by atoms with E-state index >= 15 is 0 Å². The second-order valence-electron chi connectivity index (χ2n) is 4.55. The third kappa shape index (κ3) is 4.82. The largest absolute Gasteiger partial charge is 0.455 e. The number of cyclic esters (lactones) is 1. The molecule has 5 nitrogen and oxygen atoms in total. The molecule has 0 aromatic rings. The van der Waals surface area contributed by atoms with Crippen molar-refractivity contribution in [3.63, 3.8) is 0 Å². The molecule has 0 aliphatic carbocycles. The molecule has 5 heteroatoms. The van der Waals surface area contributed by atoms with Crippen LogP contribution in [0.15, 0.2) is 12.2 Å². The molecule has 0 bridgehead atoms. The number of esters is 1. The predicted octanol–water partition coefficient (Wildman–Crippen LogP) is 1.38. The lowest BCUT2D eigenvalue weighted by atomic mass is 10.2. The molecular formula is C11H17NO4. The molecule has 1 rings (SSSR count). The lowest BCUT2D eigenvalue weighted by Crippen LogP contribution is -2.34. The Labute approximate surface area is 94.8 Å². The maximum atomic E-state index is 11.2. The minimum Gasteiger partial charge on any atom is -0.455 e. The van der Waals surface area contributed by atoms with E-state index in [1.165, 1.54) is 6.08 Å². The number of nitrogens with one attached hydrogen (secondary N) is 1. The average Bonchev–Trinajstić information content (AvgIpc) is 2.48. The summed E-state index contributed by atoms with van der Waals surface area (Å²) < 4.78 is 9.95. The molecule has 1 amide bonds. The Bertz CT molecular complexity index is 304. The van der Waals surface area contributed by atoms with Gasteiger partial charge in [-0.05, 0) is 26.8 Å². The van der Waals surface area contributed by atoms with Crippen molar-refractivity contribution >= 4 is 12.1 Å². The normalized spacial score (nSPS) is 19.4. The quantitative estimate of drug-likeness (QED) is 0.740. The van der Waals surface area contributed by atoms with Crippen LogP contribution in [0.1, 0.15) is 27.2 Å². The molecular weight excluding hydrogens is 210 g/mol. The molecule has 1 heterocycles. The van der Waals surface area contributed by atoms with Gasteiger partial charge in [-0.2, -0.15) is 0 Å². The second kappa shape index (κ2) is 5.01. The highest BCUT2D eigenvalue weighted by molar-refractivity contribution is 5.84. The number of rotatable bonds is 3. The first-order valence-corrected chi connectivity index (χ1v) is 5.22. The molecule has 1 N–H and O–H groups in total. The van der Waals surface area contributed by atoms with Crippen LogP contribution in [0.25, 0.3) is 0 Å². The summed E-state index contributed by atoms with van der Waals surface area (Å²) in [5, 5.41) is 2.59. The van der Waals surface area contributed by atoms with E-state index in [1.54, 1.807) is 26.8 Å². The number of carbonyl (C=O) groups is 2. The molecule has 0 saturated carbocycles. The summed E-state index contributed by atoms with van der Waals surface area (Å²) in [6.45, 7) is 5.81. The molecule has 0 spiro atoms. The molecule has 0 saturated heterocycles. The Kier molecular flexibility index (Phi) is 3.93. The van der Waals surface area contributed by atoms with Gasteiger partial charge in [0.15, 0.2) is 0 Å². The zero-order valence-electron chi connectivity index (χ0n) is 9.78. The summed E-state index contributed by atoms with van der Waals surface area (Å²) in [5.41, 5.74) is -0.496. The molecule has 16 heavy (non-hydrogen) atoms. The van der Waals surface area contributed by atoms with Crippen LogP contribution >= 0.6 is 0 Å². The molecule has 0 unspecified atom stereocenters. The minimum absolute atomic E-state index is 0.234. The predicted molar refractivity (Wildman–Crippen MR) is 57.9 cm³/mol. The van der Waals surface area contributed by atoms with E-state index in [0.717, 1.165) is 0 Å². The topological polar surface area (TPSA) is 64.6 Å². The highest BCUT2D eigenvalue weighted by atomic mass is 16.6. The number of hydrogen-bond donors (Lipinski definition) is 1. The average molecular weight is 227 g/mol. The summed E-state index contributed by atoms with van der Waals surface area (Å²) in [5.74, 6) is -0.331. The van der Waals surface area contributed by atoms with Crippen LogP contribution < -0.4 is 5.32 Å². The van der Waals surface area contributed by atoms with E-state index in [9.17, 15) is 9.59 Å². The molecule has 0 aromatic carbocycles. The monoisotopic (exact) mass is 227 g/mol. The van der Waals surface area contributed by atoms with Crippen molar-refractivity contribution in [1.82, 2.24) is 5.32 Å². The zero-order chi connectivity index (χ0) is 12.2. The number of ether oxygens (including phenoxy) is 2. The van der Waals surface area contributed by atoms with Crippen molar-refractivity contribution in [3.8, 4) is 0 Å². The van der Waals surface area contributed by atoms with E-state index in [-0.39, 0.29) is 12.1 Å². The number of amides is 1. The van der Waals surface area contributed by atoms with Gasteiger partial charge in [0.05, 0.1) is 0 Å². The highest BCUT2D eigenvalue weighted by Gasteiger charge is 2.18. The van der Waals surface area contributed by atoms with Crippen LogP contribution in [-0.2, 0) is 14.3 Å². The minimum atomic E-state index is -0.496. The SMILES string of the molecule is CC(C)(C)OC(=O)NCC[C@H]1C=CC(=O)O1. The van der Waals surface area contributed by atoms with Crippen LogP contribution in [0, 0.1) is 0 Å². The Morgan fingerprint density at radius 2 is 2.25 bits per heavy atom. The number of carbonyl (C=O) groups excluding carboxylic acids is 2. The maximum absolute atomic E-state index is 11.2. The van der Waals surface area contributed by atoms with E-state index in [1.807, 2.05) is 0 Å². The van der Waals surface area contributed by atoms with Crippen molar-refractivity contribution in [3.05, 3.63) is 12.2 Å². The van der Waals surface area contributed by atoms with E-state index in [0.29, 0.717) is 13.0 Å².